The van der Waals surface area contributed by atoms with Crippen molar-refractivity contribution in [3.8, 4) is 5.75 Å². The van der Waals surface area contributed by atoms with Crippen LogP contribution in [0.4, 0.5) is 0 Å². The molecule has 0 radical (unpaired) electrons. The van der Waals surface area contributed by atoms with Gasteiger partial charge in [-0.1, -0.05) is 41.9 Å². The molecule has 0 aliphatic carbocycles. The number of methoxy groups -OCH3 is 1. The Kier molecular flexibility index (Phi) is 7.22. The summed E-state index contributed by atoms with van der Waals surface area (Å²) in [7, 11) is 1.31. The summed E-state index contributed by atoms with van der Waals surface area (Å²) in [6, 6.07) is 12.6. The Morgan fingerprint density at radius 2 is 2.00 bits per heavy atom. The van der Waals surface area contributed by atoms with Crippen molar-refractivity contribution in [2.45, 2.75) is 39.2 Å². The molecule has 162 valence electrons. The quantitative estimate of drug-likeness (QED) is 0.363. The minimum atomic E-state index is -0.780. The molecule has 1 aromatic heterocycles. The molecule has 0 unspecified atom stereocenters. The van der Waals surface area contributed by atoms with Crippen LogP contribution in [0.3, 0.4) is 0 Å². The van der Waals surface area contributed by atoms with Crippen molar-refractivity contribution in [2.75, 3.05) is 7.11 Å². The van der Waals surface area contributed by atoms with E-state index in [2.05, 4.69) is 21.0 Å². The highest BCUT2D eigenvalue weighted by Gasteiger charge is 2.17. The number of rotatable bonds is 7. The van der Waals surface area contributed by atoms with Gasteiger partial charge in [0.1, 0.15) is 11.6 Å². The summed E-state index contributed by atoms with van der Waals surface area (Å²) in [6.07, 6.45) is 1.57. The van der Waals surface area contributed by atoms with Gasteiger partial charge in [-0.3, -0.25) is 4.79 Å². The fourth-order valence-corrected chi connectivity index (χ4v) is 3.36. The topological polar surface area (TPSA) is 82.8 Å². The molecular formula is C23H24BrN3O4. The third kappa shape index (κ3) is 5.02. The lowest BCUT2D eigenvalue weighted by molar-refractivity contribution is -0.147. The summed E-state index contributed by atoms with van der Waals surface area (Å²) in [6.45, 7) is 5.65. The number of ether oxygens (including phenoxy) is 2. The van der Waals surface area contributed by atoms with Gasteiger partial charge < -0.3 is 9.47 Å². The van der Waals surface area contributed by atoms with Crippen molar-refractivity contribution in [1.29, 1.82) is 0 Å². The number of nitrogens with zero attached hydrogens (tertiary/aromatic N) is 3. The Balaban J connectivity index is 2.08. The molecule has 2 aromatic carbocycles. The summed E-state index contributed by atoms with van der Waals surface area (Å²) in [5.41, 5.74) is 0.999. The molecule has 0 saturated carbocycles. The van der Waals surface area contributed by atoms with Gasteiger partial charge in [0, 0.05) is 16.0 Å². The van der Waals surface area contributed by atoms with Gasteiger partial charge in [0.15, 0.2) is 6.10 Å². The van der Waals surface area contributed by atoms with Gasteiger partial charge in [-0.25, -0.2) is 9.78 Å². The predicted octanol–water partition coefficient (Wildman–Crippen LogP) is 4.50. The molecule has 3 aromatic rings. The average molecular weight is 486 g/mol. The number of carbonyl (C=O) groups is 1. The molecule has 0 bridgehead atoms. The van der Waals surface area contributed by atoms with Crippen LogP contribution in [0.15, 0.2) is 56.8 Å². The van der Waals surface area contributed by atoms with E-state index in [0.717, 1.165) is 10.9 Å². The summed E-state index contributed by atoms with van der Waals surface area (Å²) in [4.78, 5) is 29.6. The van der Waals surface area contributed by atoms with Crippen molar-refractivity contribution in [1.82, 2.24) is 9.66 Å². The second-order valence-corrected chi connectivity index (χ2v) is 8.04. The van der Waals surface area contributed by atoms with Crippen LogP contribution in [0.2, 0.25) is 0 Å². The Morgan fingerprint density at radius 1 is 1.26 bits per heavy atom. The maximum absolute atomic E-state index is 13.2. The molecule has 0 saturated heterocycles. The monoisotopic (exact) mass is 485 g/mol. The first-order valence-corrected chi connectivity index (χ1v) is 10.7. The number of para-hydroxylation sites is 1. The van der Waals surface area contributed by atoms with Crippen LogP contribution < -0.4 is 10.3 Å². The third-order valence-electron chi connectivity index (χ3n) is 4.95. The van der Waals surface area contributed by atoms with Crippen LogP contribution in [0, 0.1) is 0 Å². The molecule has 8 heteroatoms. The molecule has 0 aliphatic heterocycles. The average Bonchev–Trinajstić information content (AvgIpc) is 2.78. The molecule has 1 heterocycles. The van der Waals surface area contributed by atoms with Crippen LogP contribution in [0.25, 0.3) is 10.9 Å². The summed E-state index contributed by atoms with van der Waals surface area (Å²) in [5.74, 6) is 0.591. The van der Waals surface area contributed by atoms with Gasteiger partial charge in [0.2, 0.25) is 0 Å². The normalized spacial score (nSPS) is 13.3. The molecule has 0 aliphatic rings. The molecule has 3 rings (SSSR count). The molecular weight excluding hydrogens is 462 g/mol. The van der Waals surface area contributed by atoms with E-state index in [1.807, 2.05) is 32.0 Å². The second-order valence-electron chi connectivity index (χ2n) is 7.12. The first-order valence-electron chi connectivity index (χ1n) is 9.95. The Bertz CT molecular complexity index is 1190. The van der Waals surface area contributed by atoms with E-state index < -0.39 is 12.1 Å². The number of halogens is 1. The van der Waals surface area contributed by atoms with Gasteiger partial charge in [-0.2, -0.15) is 9.78 Å². The van der Waals surface area contributed by atoms with E-state index in [0.29, 0.717) is 28.0 Å². The van der Waals surface area contributed by atoms with Crippen molar-refractivity contribution >= 4 is 39.0 Å². The molecule has 2 atom stereocenters. The van der Waals surface area contributed by atoms with E-state index in [4.69, 9.17) is 14.5 Å². The second kappa shape index (κ2) is 9.87. The number of hydrogen-bond acceptors (Lipinski definition) is 6. The van der Waals surface area contributed by atoms with Crippen LogP contribution in [-0.2, 0) is 9.53 Å². The zero-order valence-corrected chi connectivity index (χ0v) is 19.4. The van der Waals surface area contributed by atoms with Gasteiger partial charge in [0.25, 0.3) is 5.56 Å². The zero-order valence-electron chi connectivity index (χ0n) is 17.8. The van der Waals surface area contributed by atoms with Gasteiger partial charge in [-0.15, -0.1) is 0 Å². The summed E-state index contributed by atoms with van der Waals surface area (Å²) in [5, 5.41) is 4.94. The van der Waals surface area contributed by atoms with Gasteiger partial charge in [0.05, 0.1) is 24.2 Å². The maximum Gasteiger partial charge on any atom is 0.346 e. The maximum atomic E-state index is 13.2. The molecule has 7 nitrogen and oxygen atoms in total. The fraction of sp³-hybridized carbons (Fsp3) is 0.304. The number of aromatic nitrogens is 2. The number of benzene rings is 2. The minimum absolute atomic E-state index is 0.0312. The lowest BCUT2D eigenvalue weighted by atomic mass is 10.1. The molecule has 0 fully saturated rings. The number of carbonyl (C=O) groups excluding carboxylic acids is 1. The molecule has 0 amide bonds. The Morgan fingerprint density at radius 3 is 2.71 bits per heavy atom. The van der Waals surface area contributed by atoms with E-state index >= 15 is 0 Å². The first kappa shape index (κ1) is 22.7. The summed E-state index contributed by atoms with van der Waals surface area (Å²) < 4.78 is 12.6. The van der Waals surface area contributed by atoms with Gasteiger partial charge in [-0.05, 0) is 43.7 Å². The van der Waals surface area contributed by atoms with Crippen molar-refractivity contribution in [2.24, 2.45) is 5.10 Å². The third-order valence-corrected chi connectivity index (χ3v) is 5.45. The SMILES string of the molecule is CC[C@@H](C)c1nc2ccc(Br)cc2c(=O)n1N=Cc1ccccc1O[C@@H](C)C(=O)OC. The lowest BCUT2D eigenvalue weighted by Crippen LogP contribution is -2.25. The van der Waals surface area contributed by atoms with E-state index in [1.54, 1.807) is 31.2 Å². The highest BCUT2D eigenvalue weighted by atomic mass is 79.9. The van der Waals surface area contributed by atoms with Crippen molar-refractivity contribution < 1.29 is 14.3 Å². The lowest BCUT2D eigenvalue weighted by Gasteiger charge is -2.15. The first-order chi connectivity index (χ1) is 14.8. The fourth-order valence-electron chi connectivity index (χ4n) is 3.00. The van der Waals surface area contributed by atoms with Crippen molar-refractivity contribution in [3.05, 3.63) is 68.7 Å². The minimum Gasteiger partial charge on any atom is -0.478 e. The number of fused-ring (bicyclic) bond motifs is 1. The smallest absolute Gasteiger partial charge is 0.346 e. The molecule has 31 heavy (non-hydrogen) atoms. The molecule has 0 N–H and O–H groups in total. The van der Waals surface area contributed by atoms with Crippen LogP contribution in [-0.4, -0.2) is 35.1 Å². The van der Waals surface area contributed by atoms with Crippen molar-refractivity contribution in [3.63, 3.8) is 0 Å². The standard InChI is InChI=1S/C23H24BrN3O4/c1-5-14(2)21-26-19-11-10-17(24)12-18(19)22(28)27(21)25-13-16-8-6-7-9-20(16)31-15(3)23(29)30-4/h6-15H,5H2,1-4H3/t14-,15+/m1/s1. The van der Waals surface area contributed by atoms with E-state index in [-0.39, 0.29) is 11.5 Å². The Labute approximate surface area is 188 Å². The van der Waals surface area contributed by atoms with E-state index in [1.165, 1.54) is 18.0 Å². The van der Waals surface area contributed by atoms with Crippen LogP contribution >= 0.6 is 15.9 Å². The highest BCUT2D eigenvalue weighted by molar-refractivity contribution is 9.10. The van der Waals surface area contributed by atoms with Crippen LogP contribution in [0.1, 0.15) is 44.5 Å². The van der Waals surface area contributed by atoms with Gasteiger partial charge >= 0.3 is 5.97 Å². The summed E-state index contributed by atoms with van der Waals surface area (Å²) >= 11 is 3.41. The highest BCUT2D eigenvalue weighted by Crippen LogP contribution is 2.22. The number of esters is 1. The Hall–Kier alpha value is -3.00. The largest absolute Gasteiger partial charge is 0.478 e. The molecule has 0 spiro atoms. The predicted molar refractivity (Wildman–Crippen MR) is 124 cm³/mol. The van der Waals surface area contributed by atoms with E-state index in [9.17, 15) is 9.59 Å². The number of hydrogen-bond donors (Lipinski definition) is 0. The zero-order chi connectivity index (χ0) is 22.5. The van der Waals surface area contributed by atoms with Crippen LogP contribution in [0.5, 0.6) is 5.75 Å².